The highest BCUT2D eigenvalue weighted by atomic mass is 16.7. The second kappa shape index (κ2) is 4.87. The summed E-state index contributed by atoms with van der Waals surface area (Å²) in [5, 5.41) is 0. The van der Waals surface area contributed by atoms with Crippen molar-refractivity contribution in [2.24, 2.45) is 0 Å². The molecule has 0 aromatic heterocycles. The van der Waals surface area contributed by atoms with Crippen LogP contribution in [0, 0.1) is 0 Å². The van der Waals surface area contributed by atoms with E-state index in [1.54, 1.807) is 0 Å². The summed E-state index contributed by atoms with van der Waals surface area (Å²) in [6.07, 6.45) is 0.840. The molecule has 26 heavy (non-hydrogen) atoms. The van der Waals surface area contributed by atoms with Gasteiger partial charge in [0.2, 0.25) is 6.79 Å². The minimum atomic E-state index is -0.0505. The van der Waals surface area contributed by atoms with E-state index in [0.717, 1.165) is 51.9 Å². The van der Waals surface area contributed by atoms with Gasteiger partial charge in [-0.3, -0.25) is 0 Å². The van der Waals surface area contributed by atoms with E-state index in [4.69, 9.17) is 23.7 Å². The molecule has 4 aliphatic rings. The zero-order valence-corrected chi connectivity index (χ0v) is 14.4. The third kappa shape index (κ3) is 1.86. The average Bonchev–Trinajstić information content (AvgIpc) is 3.33. The van der Waals surface area contributed by atoms with Gasteiger partial charge in [0, 0.05) is 29.7 Å². The normalized spacial score (nSPS) is 26.0. The molecule has 0 spiro atoms. The summed E-state index contributed by atoms with van der Waals surface area (Å²) in [5.74, 6) is 4.29. The zero-order valence-electron chi connectivity index (χ0n) is 14.4. The van der Waals surface area contributed by atoms with E-state index in [1.807, 2.05) is 25.1 Å². The van der Waals surface area contributed by atoms with Gasteiger partial charge in [-0.05, 0) is 30.2 Å². The highest BCUT2D eigenvalue weighted by Crippen LogP contribution is 2.55. The fraction of sp³-hybridized carbons (Fsp3) is 0.333. The summed E-state index contributed by atoms with van der Waals surface area (Å²) in [7, 11) is 0. The standard InChI is InChI=1S/C21H18O5/c1-10(2)15-4-11-3-13-17(6-16(11)25-15)22-8-14-12-5-19-20(24-9-23-19)7-18(12)26-21(13)14/h3,5-7,14-15,21H,1,4,8-9H2,2H3/t14-,15+,21-/m0/s1. The van der Waals surface area contributed by atoms with Gasteiger partial charge in [0.05, 0.1) is 12.5 Å². The lowest BCUT2D eigenvalue weighted by atomic mass is 9.88. The summed E-state index contributed by atoms with van der Waals surface area (Å²) in [5.41, 5.74) is 4.44. The summed E-state index contributed by atoms with van der Waals surface area (Å²) in [6, 6.07) is 8.15. The van der Waals surface area contributed by atoms with Crippen molar-refractivity contribution in [3.8, 4) is 28.7 Å². The lowest BCUT2D eigenvalue weighted by Gasteiger charge is -2.28. The van der Waals surface area contributed by atoms with Gasteiger partial charge in [-0.1, -0.05) is 6.58 Å². The molecule has 0 amide bonds. The molecule has 0 unspecified atom stereocenters. The molecule has 0 N–H and O–H groups in total. The van der Waals surface area contributed by atoms with Crippen LogP contribution < -0.4 is 23.7 Å². The number of fused-ring (bicyclic) bond motifs is 7. The van der Waals surface area contributed by atoms with Crippen molar-refractivity contribution in [3.63, 3.8) is 0 Å². The maximum Gasteiger partial charge on any atom is 0.231 e. The molecular formula is C21H18O5. The molecular weight excluding hydrogens is 332 g/mol. The molecule has 0 fully saturated rings. The van der Waals surface area contributed by atoms with Crippen LogP contribution in [0.1, 0.15) is 35.6 Å². The first-order valence-electron chi connectivity index (χ1n) is 8.89. The van der Waals surface area contributed by atoms with E-state index in [0.29, 0.717) is 6.61 Å². The third-order valence-electron chi connectivity index (χ3n) is 5.67. The summed E-state index contributed by atoms with van der Waals surface area (Å²) in [6.45, 7) is 6.87. The van der Waals surface area contributed by atoms with E-state index in [9.17, 15) is 0 Å². The first kappa shape index (κ1) is 14.4. The van der Waals surface area contributed by atoms with Crippen LogP contribution in [0.25, 0.3) is 0 Å². The van der Waals surface area contributed by atoms with Crippen molar-refractivity contribution in [2.45, 2.75) is 31.5 Å². The van der Waals surface area contributed by atoms with Crippen LogP contribution >= 0.6 is 0 Å². The van der Waals surface area contributed by atoms with Gasteiger partial charge >= 0.3 is 0 Å². The summed E-state index contributed by atoms with van der Waals surface area (Å²) in [4.78, 5) is 0. The molecule has 5 nitrogen and oxygen atoms in total. The molecule has 0 bridgehead atoms. The molecule has 2 aromatic carbocycles. The zero-order chi connectivity index (χ0) is 17.4. The molecule has 0 saturated carbocycles. The van der Waals surface area contributed by atoms with Crippen molar-refractivity contribution in [2.75, 3.05) is 13.4 Å². The number of rotatable bonds is 1. The van der Waals surface area contributed by atoms with Gasteiger partial charge < -0.3 is 23.7 Å². The maximum absolute atomic E-state index is 6.32. The smallest absolute Gasteiger partial charge is 0.231 e. The summed E-state index contributed by atoms with van der Waals surface area (Å²) >= 11 is 0. The van der Waals surface area contributed by atoms with Gasteiger partial charge in [0.1, 0.15) is 29.5 Å². The Hall–Kier alpha value is -2.82. The second-order valence-electron chi connectivity index (χ2n) is 7.35. The highest BCUT2D eigenvalue weighted by molar-refractivity contribution is 5.59. The second-order valence-corrected chi connectivity index (χ2v) is 7.35. The number of benzene rings is 2. The fourth-order valence-corrected chi connectivity index (χ4v) is 4.26. The molecule has 2 aromatic rings. The highest BCUT2D eigenvalue weighted by Gasteiger charge is 2.43. The molecule has 5 heteroatoms. The lowest BCUT2D eigenvalue weighted by Crippen LogP contribution is -2.23. The van der Waals surface area contributed by atoms with Crippen LogP contribution in [0.4, 0.5) is 0 Å². The molecule has 0 radical (unpaired) electrons. The quantitative estimate of drug-likeness (QED) is 0.730. The van der Waals surface area contributed by atoms with Crippen molar-refractivity contribution in [1.82, 2.24) is 0 Å². The molecule has 132 valence electrons. The monoisotopic (exact) mass is 350 g/mol. The van der Waals surface area contributed by atoms with E-state index >= 15 is 0 Å². The molecule has 6 rings (SSSR count). The Balaban J connectivity index is 1.40. The maximum atomic E-state index is 6.32. The Labute approximate surface area is 151 Å². The Morgan fingerprint density at radius 1 is 0.885 bits per heavy atom. The van der Waals surface area contributed by atoms with E-state index in [1.165, 1.54) is 5.56 Å². The minimum absolute atomic E-state index is 0.0450. The summed E-state index contributed by atoms with van der Waals surface area (Å²) < 4.78 is 29.4. The van der Waals surface area contributed by atoms with Crippen molar-refractivity contribution in [3.05, 3.63) is 53.1 Å². The first-order valence-corrected chi connectivity index (χ1v) is 8.89. The predicted molar refractivity (Wildman–Crippen MR) is 93.5 cm³/mol. The van der Waals surface area contributed by atoms with Crippen molar-refractivity contribution in [1.29, 1.82) is 0 Å². The number of ether oxygens (including phenoxy) is 5. The van der Waals surface area contributed by atoms with Gasteiger partial charge in [-0.25, -0.2) is 0 Å². The van der Waals surface area contributed by atoms with E-state index in [-0.39, 0.29) is 24.9 Å². The average molecular weight is 350 g/mol. The SMILES string of the molecule is C=C(C)[C@H]1Cc2cc3c(cc2O1)OC[C@H]1c2cc4c(cc2O[C@@H]31)OCO4. The molecule has 4 aliphatic heterocycles. The van der Waals surface area contributed by atoms with Crippen LogP contribution in [0.2, 0.25) is 0 Å². The molecule has 4 heterocycles. The number of hydrogen-bond acceptors (Lipinski definition) is 5. The van der Waals surface area contributed by atoms with Crippen LogP contribution in [0.15, 0.2) is 36.4 Å². The Bertz CT molecular complexity index is 963. The largest absolute Gasteiger partial charge is 0.492 e. The van der Waals surface area contributed by atoms with Crippen LogP contribution in [0.3, 0.4) is 0 Å². The van der Waals surface area contributed by atoms with E-state index < -0.39 is 0 Å². The van der Waals surface area contributed by atoms with E-state index in [2.05, 4.69) is 12.6 Å². The van der Waals surface area contributed by atoms with Crippen LogP contribution in [-0.2, 0) is 6.42 Å². The van der Waals surface area contributed by atoms with Crippen molar-refractivity contribution < 1.29 is 23.7 Å². The molecule has 0 aliphatic carbocycles. The molecule has 0 saturated heterocycles. The Morgan fingerprint density at radius 2 is 1.69 bits per heavy atom. The van der Waals surface area contributed by atoms with Crippen LogP contribution in [-0.4, -0.2) is 19.5 Å². The topological polar surface area (TPSA) is 46.2 Å². The number of hydrogen-bond donors (Lipinski definition) is 0. The van der Waals surface area contributed by atoms with Gasteiger partial charge in [0.15, 0.2) is 11.5 Å². The van der Waals surface area contributed by atoms with Gasteiger partial charge in [-0.2, -0.15) is 0 Å². The Kier molecular flexibility index (Phi) is 2.69. The van der Waals surface area contributed by atoms with Gasteiger partial charge in [-0.15, -0.1) is 0 Å². The lowest BCUT2D eigenvalue weighted by molar-refractivity contribution is 0.138. The van der Waals surface area contributed by atoms with Crippen LogP contribution in [0.5, 0.6) is 28.7 Å². The Morgan fingerprint density at radius 3 is 2.54 bits per heavy atom. The third-order valence-corrected chi connectivity index (χ3v) is 5.67. The van der Waals surface area contributed by atoms with Crippen molar-refractivity contribution >= 4 is 0 Å². The fourth-order valence-electron chi connectivity index (χ4n) is 4.26. The predicted octanol–water partition coefficient (Wildman–Crippen LogP) is 3.90. The van der Waals surface area contributed by atoms with Gasteiger partial charge in [0.25, 0.3) is 0 Å². The first-order chi connectivity index (χ1) is 12.7. The minimum Gasteiger partial charge on any atom is -0.492 e. The molecule has 3 atom stereocenters.